The van der Waals surface area contributed by atoms with Gasteiger partial charge in [0.05, 0.1) is 18.9 Å². The summed E-state index contributed by atoms with van der Waals surface area (Å²) in [6.45, 7) is 3.72. The van der Waals surface area contributed by atoms with Crippen LogP contribution in [0.4, 0.5) is 11.4 Å². The van der Waals surface area contributed by atoms with Crippen molar-refractivity contribution in [1.82, 2.24) is 0 Å². The monoisotopic (exact) mass is 304 g/mol. The van der Waals surface area contributed by atoms with E-state index in [9.17, 15) is 14.4 Å². The summed E-state index contributed by atoms with van der Waals surface area (Å²) >= 11 is 0. The highest BCUT2D eigenvalue weighted by molar-refractivity contribution is 6.07. The fraction of sp³-hybridized carbons (Fsp3) is 0.438. The maximum Gasteiger partial charge on any atom is 0.306 e. The smallest absolute Gasteiger partial charge is 0.306 e. The van der Waals surface area contributed by atoms with Crippen LogP contribution in [0.15, 0.2) is 18.2 Å². The lowest BCUT2D eigenvalue weighted by Gasteiger charge is -2.16. The van der Waals surface area contributed by atoms with Crippen LogP contribution in [0.1, 0.15) is 32.3 Å². The number of fused-ring (bicyclic) bond motifs is 1. The molecule has 1 aliphatic heterocycles. The van der Waals surface area contributed by atoms with E-state index in [2.05, 4.69) is 10.1 Å². The number of hydrogen-bond acceptors (Lipinski definition) is 4. The van der Waals surface area contributed by atoms with E-state index in [1.165, 1.54) is 7.11 Å². The Morgan fingerprint density at radius 3 is 2.59 bits per heavy atom. The summed E-state index contributed by atoms with van der Waals surface area (Å²) in [7, 11) is 3.03. The van der Waals surface area contributed by atoms with Gasteiger partial charge in [0, 0.05) is 24.8 Å². The number of carbonyl (C=O) groups is 3. The molecule has 0 aliphatic carbocycles. The summed E-state index contributed by atoms with van der Waals surface area (Å²) in [5.74, 6) is -0.657. The highest BCUT2D eigenvalue weighted by Gasteiger charge is 2.42. The number of anilines is 2. The number of likely N-dealkylation sites (N-methyl/N-ethyl adjacent to an activating group) is 1. The third kappa shape index (κ3) is 2.81. The van der Waals surface area contributed by atoms with Crippen molar-refractivity contribution in [2.24, 2.45) is 0 Å². The molecular weight excluding hydrogens is 284 g/mol. The Bertz CT molecular complexity index is 637. The lowest BCUT2D eigenvalue weighted by Crippen LogP contribution is -2.33. The first-order chi connectivity index (χ1) is 10.3. The van der Waals surface area contributed by atoms with E-state index in [0.29, 0.717) is 5.69 Å². The Morgan fingerprint density at radius 2 is 1.95 bits per heavy atom. The number of benzene rings is 1. The summed E-state index contributed by atoms with van der Waals surface area (Å²) in [6.07, 6.45) is 0.103. The van der Waals surface area contributed by atoms with Crippen molar-refractivity contribution in [2.45, 2.75) is 32.1 Å². The van der Waals surface area contributed by atoms with Gasteiger partial charge in [0.25, 0.3) is 0 Å². The van der Waals surface area contributed by atoms with Gasteiger partial charge in [-0.15, -0.1) is 0 Å². The number of esters is 1. The maximum atomic E-state index is 12.2. The van der Waals surface area contributed by atoms with E-state index < -0.39 is 11.4 Å². The molecule has 1 heterocycles. The minimum absolute atomic E-state index is 0.0247. The lowest BCUT2D eigenvalue weighted by molar-refractivity contribution is -0.141. The molecule has 2 amide bonds. The molecule has 1 aromatic carbocycles. The molecule has 0 unspecified atom stereocenters. The Hall–Kier alpha value is -2.37. The molecule has 0 radical (unpaired) electrons. The van der Waals surface area contributed by atoms with Crippen LogP contribution in [-0.4, -0.2) is 31.9 Å². The van der Waals surface area contributed by atoms with Gasteiger partial charge in [-0.05, 0) is 37.6 Å². The first-order valence-corrected chi connectivity index (χ1v) is 7.06. The summed E-state index contributed by atoms with van der Waals surface area (Å²) in [5.41, 5.74) is 1.73. The third-order valence-electron chi connectivity index (χ3n) is 3.94. The van der Waals surface area contributed by atoms with Crippen molar-refractivity contribution < 1.29 is 19.1 Å². The summed E-state index contributed by atoms with van der Waals surface area (Å²) < 4.78 is 4.50. The number of ether oxygens (including phenoxy) is 1. The van der Waals surface area contributed by atoms with Crippen molar-refractivity contribution >= 4 is 29.2 Å². The van der Waals surface area contributed by atoms with Crippen LogP contribution in [0.2, 0.25) is 0 Å². The first-order valence-electron chi connectivity index (χ1n) is 7.06. The second-order valence-corrected chi connectivity index (χ2v) is 5.85. The van der Waals surface area contributed by atoms with E-state index >= 15 is 0 Å². The van der Waals surface area contributed by atoms with Gasteiger partial charge in [-0.25, -0.2) is 0 Å². The van der Waals surface area contributed by atoms with Gasteiger partial charge in [-0.1, -0.05) is 0 Å². The number of nitrogens with zero attached hydrogens (tertiary/aromatic N) is 1. The minimum atomic E-state index is -0.614. The quantitative estimate of drug-likeness (QED) is 0.861. The largest absolute Gasteiger partial charge is 0.469 e. The van der Waals surface area contributed by atoms with Gasteiger partial charge < -0.3 is 15.0 Å². The lowest BCUT2D eigenvalue weighted by atomic mass is 9.86. The van der Waals surface area contributed by atoms with Crippen molar-refractivity contribution in [3.8, 4) is 0 Å². The van der Waals surface area contributed by atoms with Gasteiger partial charge in [-0.3, -0.25) is 14.4 Å². The SMILES string of the molecule is COC(=O)CCC(=O)Nc1ccc2c(c1)C(C)(C)C(=O)N2C. The number of amides is 2. The molecular formula is C16H20N2O4. The number of carbonyl (C=O) groups excluding carboxylic acids is 3. The molecule has 22 heavy (non-hydrogen) atoms. The summed E-state index contributed by atoms with van der Waals surface area (Å²) in [5, 5.41) is 2.74. The van der Waals surface area contributed by atoms with Gasteiger partial charge in [-0.2, -0.15) is 0 Å². The molecule has 2 rings (SSSR count). The van der Waals surface area contributed by atoms with Gasteiger partial charge in [0.2, 0.25) is 11.8 Å². The molecule has 0 saturated carbocycles. The number of hydrogen-bond donors (Lipinski definition) is 1. The number of rotatable bonds is 4. The molecule has 0 saturated heterocycles. The predicted molar refractivity (Wildman–Crippen MR) is 82.8 cm³/mol. The zero-order valence-electron chi connectivity index (χ0n) is 13.2. The van der Waals surface area contributed by atoms with Crippen molar-refractivity contribution in [3.05, 3.63) is 23.8 Å². The first kappa shape index (κ1) is 16.0. The van der Waals surface area contributed by atoms with Crippen molar-refractivity contribution in [3.63, 3.8) is 0 Å². The summed E-state index contributed by atoms with van der Waals surface area (Å²) in [4.78, 5) is 36.7. The fourth-order valence-electron chi connectivity index (χ4n) is 2.59. The van der Waals surface area contributed by atoms with Crippen LogP contribution in [0.5, 0.6) is 0 Å². The van der Waals surface area contributed by atoms with E-state index in [-0.39, 0.29) is 24.7 Å². The van der Waals surface area contributed by atoms with Crippen LogP contribution < -0.4 is 10.2 Å². The van der Waals surface area contributed by atoms with Crippen LogP contribution in [-0.2, 0) is 24.5 Å². The predicted octanol–water partition coefficient (Wildman–Crippen LogP) is 1.83. The Labute approximate surface area is 129 Å². The molecule has 0 aromatic heterocycles. The zero-order chi connectivity index (χ0) is 16.5. The molecule has 1 aliphatic rings. The Kier molecular flexibility index (Phi) is 4.21. The third-order valence-corrected chi connectivity index (χ3v) is 3.94. The molecule has 1 aromatic rings. The van der Waals surface area contributed by atoms with E-state index in [1.807, 2.05) is 26.0 Å². The fourth-order valence-corrected chi connectivity index (χ4v) is 2.59. The standard InChI is InChI=1S/C16H20N2O4/c1-16(2)11-9-10(5-6-12(11)18(3)15(16)21)17-13(19)7-8-14(20)22-4/h5-6,9H,7-8H2,1-4H3,(H,17,19). The van der Waals surface area contributed by atoms with Crippen molar-refractivity contribution in [1.29, 1.82) is 0 Å². The normalized spacial score (nSPS) is 15.5. The molecule has 0 spiro atoms. The van der Waals surface area contributed by atoms with Crippen molar-refractivity contribution in [2.75, 3.05) is 24.4 Å². The molecule has 0 bridgehead atoms. The second-order valence-electron chi connectivity index (χ2n) is 5.85. The zero-order valence-corrected chi connectivity index (χ0v) is 13.2. The summed E-state index contributed by atoms with van der Waals surface area (Å²) in [6, 6.07) is 5.38. The molecule has 6 heteroatoms. The minimum Gasteiger partial charge on any atom is -0.469 e. The van der Waals surface area contributed by atoms with Gasteiger partial charge >= 0.3 is 5.97 Å². The topological polar surface area (TPSA) is 75.7 Å². The van der Waals surface area contributed by atoms with Crippen LogP contribution in [0.3, 0.4) is 0 Å². The van der Waals surface area contributed by atoms with Crippen LogP contribution in [0, 0.1) is 0 Å². The molecule has 118 valence electrons. The highest BCUT2D eigenvalue weighted by Crippen LogP contribution is 2.41. The molecule has 6 nitrogen and oxygen atoms in total. The average molecular weight is 304 g/mol. The maximum absolute atomic E-state index is 12.2. The van der Waals surface area contributed by atoms with Crippen LogP contribution >= 0.6 is 0 Å². The second kappa shape index (κ2) is 5.79. The molecule has 1 N–H and O–H groups in total. The number of methoxy groups -OCH3 is 1. The number of nitrogens with one attached hydrogen (secondary N) is 1. The van der Waals surface area contributed by atoms with E-state index in [1.54, 1.807) is 18.0 Å². The Morgan fingerprint density at radius 1 is 1.27 bits per heavy atom. The van der Waals surface area contributed by atoms with Crippen LogP contribution in [0.25, 0.3) is 0 Å². The molecule has 0 atom stereocenters. The van der Waals surface area contributed by atoms with E-state index in [0.717, 1.165) is 11.3 Å². The Balaban J connectivity index is 2.13. The molecule has 0 fully saturated rings. The highest BCUT2D eigenvalue weighted by atomic mass is 16.5. The van der Waals surface area contributed by atoms with E-state index in [4.69, 9.17) is 0 Å². The van der Waals surface area contributed by atoms with Gasteiger partial charge in [0.15, 0.2) is 0 Å². The average Bonchev–Trinajstić information content (AvgIpc) is 2.66. The van der Waals surface area contributed by atoms with Gasteiger partial charge in [0.1, 0.15) is 0 Å².